The van der Waals surface area contributed by atoms with Gasteiger partial charge in [-0.2, -0.15) is 0 Å². The molecule has 0 aliphatic rings. The standard InChI is InChI=1S/C10H14O4/c1-6(2)7(3)12-5-9-8(4)13-10(11)14-9/h6H,3,5H2,1-2,4H3. The Morgan fingerprint density at radius 2 is 2.14 bits per heavy atom. The van der Waals surface area contributed by atoms with Gasteiger partial charge in [0, 0.05) is 5.92 Å². The van der Waals surface area contributed by atoms with Crippen LogP contribution in [0, 0.1) is 12.8 Å². The summed E-state index contributed by atoms with van der Waals surface area (Å²) in [6.45, 7) is 9.52. The molecule has 0 aromatic carbocycles. The molecule has 0 unspecified atom stereocenters. The number of aryl methyl sites for hydroxylation is 1. The fourth-order valence-electron chi connectivity index (χ4n) is 0.831. The van der Waals surface area contributed by atoms with Crippen molar-refractivity contribution in [3.05, 3.63) is 34.5 Å². The Bertz CT molecular complexity index is 370. The molecule has 4 heteroatoms. The highest BCUT2D eigenvalue weighted by molar-refractivity contribution is 4.99. The van der Waals surface area contributed by atoms with Gasteiger partial charge in [0.1, 0.15) is 6.61 Å². The molecule has 1 aromatic rings. The summed E-state index contributed by atoms with van der Waals surface area (Å²) in [5.41, 5.74) is 0. The molecule has 0 saturated heterocycles. The van der Waals surface area contributed by atoms with E-state index in [9.17, 15) is 4.79 Å². The molecule has 1 aromatic heterocycles. The minimum absolute atomic E-state index is 0.189. The number of allylic oxidation sites excluding steroid dienone is 1. The quantitative estimate of drug-likeness (QED) is 0.696. The Morgan fingerprint density at radius 3 is 2.57 bits per heavy atom. The second-order valence-electron chi connectivity index (χ2n) is 3.34. The maximum atomic E-state index is 10.7. The van der Waals surface area contributed by atoms with Crippen LogP contribution in [0.2, 0.25) is 0 Å². The molecule has 0 spiro atoms. The van der Waals surface area contributed by atoms with E-state index in [0.29, 0.717) is 17.3 Å². The second kappa shape index (κ2) is 4.17. The minimum Gasteiger partial charge on any atom is -0.490 e. The lowest BCUT2D eigenvalue weighted by Gasteiger charge is -2.09. The SMILES string of the molecule is C=C(OCc1oc(=O)oc1C)C(C)C. The van der Waals surface area contributed by atoms with E-state index in [-0.39, 0.29) is 12.5 Å². The van der Waals surface area contributed by atoms with Crippen molar-refractivity contribution in [3.63, 3.8) is 0 Å². The molecule has 78 valence electrons. The summed E-state index contributed by atoms with van der Waals surface area (Å²) >= 11 is 0. The molecule has 4 nitrogen and oxygen atoms in total. The molecule has 0 aliphatic carbocycles. The topological polar surface area (TPSA) is 52.6 Å². The van der Waals surface area contributed by atoms with E-state index in [0.717, 1.165) is 0 Å². The van der Waals surface area contributed by atoms with Gasteiger partial charge in [0.2, 0.25) is 0 Å². The summed E-state index contributed by atoms with van der Waals surface area (Å²) < 4.78 is 14.7. The van der Waals surface area contributed by atoms with Crippen LogP contribution in [-0.4, -0.2) is 0 Å². The van der Waals surface area contributed by atoms with E-state index in [1.807, 2.05) is 13.8 Å². The summed E-state index contributed by atoms with van der Waals surface area (Å²) in [5.74, 6) is 1.07. The lowest BCUT2D eigenvalue weighted by atomic mass is 10.2. The normalized spacial score (nSPS) is 10.6. The van der Waals surface area contributed by atoms with Crippen LogP contribution in [0.4, 0.5) is 0 Å². The lowest BCUT2D eigenvalue weighted by Crippen LogP contribution is -1.99. The predicted octanol–water partition coefficient (Wildman–Crippen LogP) is 2.23. The molecule has 0 saturated carbocycles. The van der Waals surface area contributed by atoms with Crippen LogP contribution in [0.3, 0.4) is 0 Å². The first-order valence-electron chi connectivity index (χ1n) is 4.41. The van der Waals surface area contributed by atoms with E-state index in [1.54, 1.807) is 6.92 Å². The van der Waals surface area contributed by atoms with Gasteiger partial charge in [-0.05, 0) is 6.92 Å². The van der Waals surface area contributed by atoms with Gasteiger partial charge >= 0.3 is 5.82 Å². The van der Waals surface area contributed by atoms with Crippen LogP contribution in [-0.2, 0) is 11.3 Å². The number of hydrogen-bond donors (Lipinski definition) is 0. The van der Waals surface area contributed by atoms with Crippen molar-refractivity contribution in [3.8, 4) is 0 Å². The summed E-state index contributed by atoms with van der Waals surface area (Å²) in [6, 6.07) is 0. The first-order chi connectivity index (χ1) is 6.50. The van der Waals surface area contributed by atoms with Gasteiger partial charge < -0.3 is 13.6 Å². The zero-order valence-corrected chi connectivity index (χ0v) is 8.62. The molecule has 1 heterocycles. The summed E-state index contributed by atoms with van der Waals surface area (Å²) in [7, 11) is 0. The molecule has 0 aliphatic heterocycles. The van der Waals surface area contributed by atoms with Crippen molar-refractivity contribution < 1.29 is 13.6 Å². The fourth-order valence-corrected chi connectivity index (χ4v) is 0.831. The predicted molar refractivity (Wildman–Crippen MR) is 50.7 cm³/mol. The molecule has 14 heavy (non-hydrogen) atoms. The highest BCUT2D eigenvalue weighted by Gasteiger charge is 2.10. The minimum atomic E-state index is -0.698. The van der Waals surface area contributed by atoms with Gasteiger partial charge in [-0.3, -0.25) is 0 Å². The zero-order valence-electron chi connectivity index (χ0n) is 8.62. The van der Waals surface area contributed by atoms with Crippen molar-refractivity contribution in [2.45, 2.75) is 27.4 Å². The van der Waals surface area contributed by atoms with Crippen LogP contribution in [0.5, 0.6) is 0 Å². The number of rotatable bonds is 4. The summed E-state index contributed by atoms with van der Waals surface area (Å²) in [5, 5.41) is 0. The molecule has 0 fully saturated rings. The molecule has 0 radical (unpaired) electrons. The first-order valence-corrected chi connectivity index (χ1v) is 4.41. The Balaban J connectivity index is 2.58. The molecule has 0 amide bonds. The molecule has 0 N–H and O–H groups in total. The van der Waals surface area contributed by atoms with E-state index < -0.39 is 5.82 Å². The van der Waals surface area contributed by atoms with Gasteiger partial charge in [-0.15, -0.1) is 0 Å². The van der Waals surface area contributed by atoms with E-state index in [2.05, 4.69) is 11.0 Å². The van der Waals surface area contributed by atoms with Gasteiger partial charge in [0.05, 0.1) is 5.76 Å². The van der Waals surface area contributed by atoms with Gasteiger partial charge in [-0.25, -0.2) is 4.79 Å². The van der Waals surface area contributed by atoms with Crippen LogP contribution >= 0.6 is 0 Å². The molecule has 1 rings (SSSR count). The van der Waals surface area contributed by atoms with Crippen LogP contribution in [0.25, 0.3) is 0 Å². The van der Waals surface area contributed by atoms with E-state index in [4.69, 9.17) is 9.15 Å². The maximum Gasteiger partial charge on any atom is 0.519 e. The molecule has 0 atom stereocenters. The highest BCUT2D eigenvalue weighted by atomic mass is 16.6. The van der Waals surface area contributed by atoms with Crippen LogP contribution < -0.4 is 5.82 Å². The van der Waals surface area contributed by atoms with Gasteiger partial charge in [-0.1, -0.05) is 20.4 Å². The van der Waals surface area contributed by atoms with Crippen molar-refractivity contribution in [1.82, 2.24) is 0 Å². The number of ether oxygens (including phenoxy) is 1. The van der Waals surface area contributed by atoms with Crippen molar-refractivity contribution >= 4 is 0 Å². The van der Waals surface area contributed by atoms with Crippen molar-refractivity contribution in [1.29, 1.82) is 0 Å². The Labute approximate surface area is 82.2 Å². The lowest BCUT2D eigenvalue weighted by molar-refractivity contribution is 0.153. The number of hydrogen-bond acceptors (Lipinski definition) is 4. The third-order valence-corrected chi connectivity index (χ3v) is 1.87. The van der Waals surface area contributed by atoms with Crippen LogP contribution in [0.1, 0.15) is 25.4 Å². The largest absolute Gasteiger partial charge is 0.519 e. The van der Waals surface area contributed by atoms with Gasteiger partial charge in [0.25, 0.3) is 0 Å². The Kier molecular flexibility index (Phi) is 3.17. The highest BCUT2D eigenvalue weighted by Crippen LogP contribution is 2.13. The first kappa shape index (κ1) is 10.6. The van der Waals surface area contributed by atoms with E-state index >= 15 is 0 Å². The fraction of sp³-hybridized carbons (Fsp3) is 0.500. The van der Waals surface area contributed by atoms with Crippen molar-refractivity contribution in [2.24, 2.45) is 5.92 Å². The second-order valence-corrected chi connectivity index (χ2v) is 3.34. The zero-order chi connectivity index (χ0) is 10.7. The smallest absolute Gasteiger partial charge is 0.490 e. The monoisotopic (exact) mass is 198 g/mol. The molecule has 0 bridgehead atoms. The van der Waals surface area contributed by atoms with Crippen LogP contribution in [0.15, 0.2) is 26.0 Å². The third kappa shape index (κ3) is 2.52. The van der Waals surface area contributed by atoms with Gasteiger partial charge in [0.15, 0.2) is 11.5 Å². The maximum absolute atomic E-state index is 10.7. The summed E-state index contributed by atoms with van der Waals surface area (Å²) in [6.07, 6.45) is 0. The third-order valence-electron chi connectivity index (χ3n) is 1.87. The Hall–Kier alpha value is -1.45. The molecular formula is C10H14O4. The average molecular weight is 198 g/mol. The molecular weight excluding hydrogens is 184 g/mol. The van der Waals surface area contributed by atoms with E-state index in [1.165, 1.54) is 0 Å². The van der Waals surface area contributed by atoms with Crippen molar-refractivity contribution in [2.75, 3.05) is 0 Å². The Morgan fingerprint density at radius 1 is 1.50 bits per heavy atom. The average Bonchev–Trinajstić information content (AvgIpc) is 2.40. The summed E-state index contributed by atoms with van der Waals surface area (Å²) in [4.78, 5) is 10.7.